The van der Waals surface area contributed by atoms with Crippen LogP contribution in [-0.2, 0) is 21.2 Å². The number of fused-ring (bicyclic) bond motifs is 1. The lowest BCUT2D eigenvalue weighted by Gasteiger charge is -2.18. The summed E-state index contributed by atoms with van der Waals surface area (Å²) in [5.41, 5.74) is 2.41. The number of halogens is 3. The number of aromatic nitrogens is 3. The highest BCUT2D eigenvalue weighted by Crippen LogP contribution is 2.34. The minimum Gasteiger partial charge on any atom is -0.480 e. The summed E-state index contributed by atoms with van der Waals surface area (Å²) in [5, 5.41) is 16.7. The van der Waals surface area contributed by atoms with Crippen molar-refractivity contribution in [2.45, 2.75) is 31.2 Å². The first-order chi connectivity index (χ1) is 23.8. The standard InChI is InChI=1S/C35H26F3N5O6S/c1-18-31(19(2)49-42-18)26-10-7-22(25-4-3-12-40-33(25)26)14-29(35(45)46)41-34(44)32-27(36)16-23(17-28(32)37)43-50(47,48)24-8-5-20(6-9-24)21-11-13-39-30(38)15-21/h3-13,15-17,29,43H,14H2,1-2H3,(H,41,44)(H,45,46). The molecule has 0 fully saturated rings. The van der Waals surface area contributed by atoms with Crippen molar-refractivity contribution in [3.05, 3.63) is 125 Å². The maximum absolute atomic E-state index is 15.2. The molecule has 3 N–H and O–H groups in total. The Morgan fingerprint density at radius 3 is 2.26 bits per heavy atom. The lowest BCUT2D eigenvalue weighted by molar-refractivity contribution is -0.139. The number of carbonyl (C=O) groups excluding carboxylic acids is 1. The van der Waals surface area contributed by atoms with Crippen molar-refractivity contribution in [1.82, 2.24) is 20.4 Å². The quantitative estimate of drug-likeness (QED) is 0.141. The number of nitrogens with zero attached hydrogens (tertiary/aromatic N) is 3. The van der Waals surface area contributed by atoms with Gasteiger partial charge in [0.15, 0.2) is 0 Å². The van der Waals surface area contributed by atoms with Crippen LogP contribution in [0.3, 0.4) is 0 Å². The molecule has 3 aromatic heterocycles. The van der Waals surface area contributed by atoms with Gasteiger partial charge in [-0.3, -0.25) is 14.5 Å². The van der Waals surface area contributed by atoms with Crippen LogP contribution in [0.25, 0.3) is 33.2 Å². The molecule has 3 heterocycles. The van der Waals surface area contributed by atoms with E-state index in [4.69, 9.17) is 4.52 Å². The van der Waals surface area contributed by atoms with Crippen LogP contribution in [0.15, 0.2) is 94.6 Å². The molecule has 15 heteroatoms. The van der Waals surface area contributed by atoms with Crippen LogP contribution in [0.4, 0.5) is 18.9 Å². The summed E-state index contributed by atoms with van der Waals surface area (Å²) in [6.45, 7) is 3.53. The van der Waals surface area contributed by atoms with Gasteiger partial charge in [0, 0.05) is 41.4 Å². The van der Waals surface area contributed by atoms with Gasteiger partial charge in [0.05, 0.1) is 21.8 Å². The minimum atomic E-state index is -4.35. The lowest BCUT2D eigenvalue weighted by atomic mass is 9.94. The third-order valence-electron chi connectivity index (χ3n) is 7.94. The lowest BCUT2D eigenvalue weighted by Crippen LogP contribution is -2.43. The number of hydrogen-bond acceptors (Lipinski definition) is 8. The van der Waals surface area contributed by atoms with Crippen LogP contribution in [0, 0.1) is 31.4 Å². The Morgan fingerprint density at radius 1 is 0.900 bits per heavy atom. The number of carbonyl (C=O) groups is 2. The van der Waals surface area contributed by atoms with Gasteiger partial charge in [0.2, 0.25) is 5.95 Å². The fraction of sp³-hybridized carbons (Fsp3) is 0.114. The van der Waals surface area contributed by atoms with Crippen molar-refractivity contribution in [3.8, 4) is 22.3 Å². The number of amides is 1. The van der Waals surface area contributed by atoms with E-state index in [0.29, 0.717) is 56.7 Å². The Hall–Kier alpha value is -6.09. The van der Waals surface area contributed by atoms with E-state index in [2.05, 4.69) is 25.2 Å². The molecule has 254 valence electrons. The molecule has 1 unspecified atom stereocenters. The second kappa shape index (κ2) is 13.4. The van der Waals surface area contributed by atoms with Crippen molar-refractivity contribution in [2.24, 2.45) is 0 Å². The summed E-state index contributed by atoms with van der Waals surface area (Å²) in [6.07, 6.45) is 2.57. The second-order valence-corrected chi connectivity index (χ2v) is 12.9. The average molecular weight is 702 g/mol. The maximum atomic E-state index is 15.2. The molecule has 3 aromatic carbocycles. The highest BCUT2D eigenvalue weighted by atomic mass is 32.2. The van der Waals surface area contributed by atoms with E-state index in [1.54, 1.807) is 44.3 Å². The summed E-state index contributed by atoms with van der Waals surface area (Å²) >= 11 is 0. The van der Waals surface area contributed by atoms with Crippen molar-refractivity contribution >= 4 is 38.5 Å². The van der Waals surface area contributed by atoms with E-state index in [9.17, 15) is 27.5 Å². The Kier molecular flexibility index (Phi) is 9.08. The smallest absolute Gasteiger partial charge is 0.326 e. The van der Waals surface area contributed by atoms with Crippen LogP contribution in [0.5, 0.6) is 0 Å². The molecular formula is C35H26F3N5O6S. The van der Waals surface area contributed by atoms with Crippen LogP contribution in [0.2, 0.25) is 0 Å². The van der Waals surface area contributed by atoms with Gasteiger partial charge >= 0.3 is 5.97 Å². The molecule has 0 aliphatic carbocycles. The highest BCUT2D eigenvalue weighted by molar-refractivity contribution is 7.92. The molecule has 6 rings (SSSR count). The molecule has 0 bridgehead atoms. The van der Waals surface area contributed by atoms with E-state index in [1.807, 2.05) is 0 Å². The number of nitrogens with one attached hydrogen (secondary N) is 2. The number of hydrogen-bond donors (Lipinski definition) is 3. The number of sulfonamides is 1. The molecule has 1 amide bonds. The summed E-state index contributed by atoms with van der Waals surface area (Å²) in [5.74, 6) is -5.84. The summed E-state index contributed by atoms with van der Waals surface area (Å²) < 4.78 is 77.2. The van der Waals surface area contributed by atoms with Gasteiger partial charge < -0.3 is 14.9 Å². The van der Waals surface area contributed by atoms with Gasteiger partial charge in [0.1, 0.15) is 29.0 Å². The normalized spacial score (nSPS) is 12.1. The summed E-state index contributed by atoms with van der Waals surface area (Å²) in [6, 6.07) is 14.4. The van der Waals surface area contributed by atoms with Gasteiger partial charge in [-0.25, -0.2) is 27.0 Å². The van der Waals surface area contributed by atoms with Crippen molar-refractivity contribution in [1.29, 1.82) is 0 Å². The average Bonchev–Trinajstić information content (AvgIpc) is 3.41. The predicted molar refractivity (Wildman–Crippen MR) is 176 cm³/mol. The second-order valence-electron chi connectivity index (χ2n) is 11.3. The van der Waals surface area contributed by atoms with Crippen molar-refractivity contribution in [2.75, 3.05) is 4.72 Å². The number of carboxylic acids is 1. The first kappa shape index (κ1) is 33.8. The first-order valence-electron chi connectivity index (χ1n) is 14.9. The van der Waals surface area contributed by atoms with Crippen LogP contribution >= 0.6 is 0 Å². The molecule has 0 saturated carbocycles. The number of aryl methyl sites for hydroxylation is 2. The Balaban J connectivity index is 1.21. The molecular weight excluding hydrogens is 675 g/mol. The molecule has 0 radical (unpaired) electrons. The fourth-order valence-corrected chi connectivity index (χ4v) is 6.64. The minimum absolute atomic E-state index is 0.259. The van der Waals surface area contributed by atoms with Gasteiger partial charge in [-0.1, -0.05) is 35.5 Å². The number of pyridine rings is 2. The largest absolute Gasteiger partial charge is 0.480 e. The number of benzene rings is 3. The van der Waals surface area contributed by atoms with E-state index < -0.39 is 56.8 Å². The molecule has 0 saturated heterocycles. The maximum Gasteiger partial charge on any atom is 0.326 e. The number of carboxylic acid groups (broad SMARTS) is 1. The van der Waals surface area contributed by atoms with E-state index >= 15 is 8.78 Å². The van der Waals surface area contributed by atoms with Crippen LogP contribution in [0.1, 0.15) is 27.4 Å². The van der Waals surface area contributed by atoms with Gasteiger partial charge in [-0.2, -0.15) is 4.39 Å². The van der Waals surface area contributed by atoms with Crippen molar-refractivity contribution in [3.63, 3.8) is 0 Å². The van der Waals surface area contributed by atoms with Crippen LogP contribution in [-0.4, -0.2) is 46.6 Å². The zero-order valence-corrected chi connectivity index (χ0v) is 27.1. The molecule has 0 spiro atoms. The molecule has 0 aliphatic heterocycles. The monoisotopic (exact) mass is 701 g/mol. The Labute approximate surface area is 282 Å². The van der Waals surface area contributed by atoms with Crippen LogP contribution < -0.4 is 10.0 Å². The van der Waals surface area contributed by atoms with Gasteiger partial charge in [-0.15, -0.1) is 0 Å². The predicted octanol–water partition coefficient (Wildman–Crippen LogP) is 6.21. The van der Waals surface area contributed by atoms with Gasteiger partial charge in [-0.05, 0) is 66.9 Å². The third-order valence-corrected chi connectivity index (χ3v) is 9.33. The fourth-order valence-electron chi connectivity index (χ4n) is 5.60. The van der Waals surface area contributed by atoms with Crippen molar-refractivity contribution < 1.29 is 40.8 Å². The molecule has 1 atom stereocenters. The Morgan fingerprint density at radius 2 is 1.62 bits per heavy atom. The molecule has 11 nitrogen and oxygen atoms in total. The van der Waals surface area contributed by atoms with Gasteiger partial charge in [0.25, 0.3) is 15.9 Å². The van der Waals surface area contributed by atoms with E-state index in [0.717, 1.165) is 5.56 Å². The molecule has 50 heavy (non-hydrogen) atoms. The highest BCUT2D eigenvalue weighted by Gasteiger charge is 2.27. The molecule has 6 aromatic rings. The zero-order chi connectivity index (χ0) is 35.7. The molecule has 0 aliphatic rings. The summed E-state index contributed by atoms with van der Waals surface area (Å²) in [4.78, 5) is 33.0. The van der Waals surface area contributed by atoms with E-state index in [1.165, 1.54) is 42.6 Å². The Bertz CT molecular complexity index is 2360. The summed E-state index contributed by atoms with van der Waals surface area (Å²) in [7, 11) is -4.35. The first-order valence-corrected chi connectivity index (χ1v) is 16.4. The third kappa shape index (κ3) is 6.75. The van der Waals surface area contributed by atoms with E-state index in [-0.39, 0.29) is 11.3 Å². The topological polar surface area (TPSA) is 164 Å². The number of anilines is 1. The SMILES string of the molecule is Cc1noc(C)c1-c1ccc(CC(NC(=O)c2c(F)cc(NS(=O)(=O)c3ccc(-c4ccnc(F)c4)cc3)cc2F)C(=O)O)c2cccnc12. The zero-order valence-electron chi connectivity index (χ0n) is 26.2. The number of aliphatic carboxylic acids is 1. The number of rotatable bonds is 10.